The number of amides is 2. The topological polar surface area (TPSA) is 55.9 Å². The molecule has 2 heterocycles. The number of hydrogen-bond donors (Lipinski definition) is 1. The summed E-state index contributed by atoms with van der Waals surface area (Å²) >= 11 is 1.40. The minimum atomic E-state index is -0.337. The van der Waals surface area contributed by atoms with Crippen molar-refractivity contribution in [2.45, 2.75) is 25.3 Å². The molecule has 8 heteroatoms. The number of para-hydroxylation sites is 1. The number of benzene rings is 4. The summed E-state index contributed by atoms with van der Waals surface area (Å²) in [5, 5.41) is 3.05. The van der Waals surface area contributed by atoms with Crippen molar-refractivity contribution in [3.8, 4) is 0 Å². The van der Waals surface area contributed by atoms with E-state index in [2.05, 4.69) is 47.2 Å². The van der Waals surface area contributed by atoms with Crippen molar-refractivity contribution in [3.05, 3.63) is 130 Å². The molecule has 0 atom stereocenters. The number of rotatable bonds is 8. The Morgan fingerprint density at radius 3 is 2.36 bits per heavy atom. The third-order valence-corrected chi connectivity index (χ3v) is 9.67. The first-order valence-electron chi connectivity index (χ1n) is 15.3. The van der Waals surface area contributed by atoms with Crippen LogP contribution in [0.15, 0.2) is 101 Å². The van der Waals surface area contributed by atoms with Gasteiger partial charge in [-0.25, -0.2) is 4.39 Å². The molecule has 45 heavy (non-hydrogen) atoms. The van der Waals surface area contributed by atoms with Crippen molar-refractivity contribution in [1.82, 2.24) is 10.2 Å². The number of carbonyl (C=O) groups excluding carboxylic acids is 2. The van der Waals surface area contributed by atoms with E-state index in [1.165, 1.54) is 34.6 Å². The lowest BCUT2D eigenvalue weighted by atomic mass is 10.1. The van der Waals surface area contributed by atoms with Crippen LogP contribution in [-0.4, -0.2) is 56.0 Å². The van der Waals surface area contributed by atoms with E-state index in [-0.39, 0.29) is 24.2 Å². The normalized spacial score (nSPS) is 16.2. The van der Waals surface area contributed by atoms with E-state index in [0.717, 1.165) is 48.9 Å². The molecule has 6 rings (SSSR count). The van der Waals surface area contributed by atoms with Crippen molar-refractivity contribution in [2.75, 3.05) is 49.1 Å². The SMILES string of the molecule is Cc1cccc(N2CCN(CCNC(=O)c3ccc(/C=C4/Sc5ccccc5N(Cc5ccccc5F)C4=O)cc3)CC2)c1C. The maximum atomic E-state index is 14.5. The van der Waals surface area contributed by atoms with Crippen LogP contribution >= 0.6 is 11.8 Å². The molecule has 6 nitrogen and oxygen atoms in total. The van der Waals surface area contributed by atoms with Crippen molar-refractivity contribution in [2.24, 2.45) is 0 Å². The van der Waals surface area contributed by atoms with Gasteiger partial charge in [-0.2, -0.15) is 0 Å². The molecule has 0 radical (unpaired) electrons. The minimum Gasteiger partial charge on any atom is -0.369 e. The van der Waals surface area contributed by atoms with Crippen molar-refractivity contribution < 1.29 is 14.0 Å². The lowest BCUT2D eigenvalue weighted by molar-refractivity contribution is -0.114. The molecule has 1 saturated heterocycles. The second kappa shape index (κ2) is 13.7. The highest BCUT2D eigenvalue weighted by Crippen LogP contribution is 2.42. The zero-order valence-corrected chi connectivity index (χ0v) is 26.4. The molecule has 1 fully saturated rings. The summed E-state index contributed by atoms with van der Waals surface area (Å²) in [6.45, 7) is 9.75. The number of anilines is 2. The molecule has 0 spiro atoms. The van der Waals surface area contributed by atoms with Gasteiger partial charge in [0.15, 0.2) is 0 Å². The Morgan fingerprint density at radius 2 is 1.58 bits per heavy atom. The quantitative estimate of drug-likeness (QED) is 0.223. The Labute approximate surface area is 268 Å². The fourth-order valence-corrected chi connectivity index (χ4v) is 6.88. The number of hydrogen-bond acceptors (Lipinski definition) is 5. The summed E-state index contributed by atoms with van der Waals surface area (Å²) in [5.41, 5.74) is 6.60. The number of halogens is 1. The number of piperazine rings is 1. The van der Waals surface area contributed by atoms with Crippen LogP contribution in [0.2, 0.25) is 0 Å². The Kier molecular flexibility index (Phi) is 9.33. The summed E-state index contributed by atoms with van der Waals surface area (Å²) in [4.78, 5) is 34.4. The van der Waals surface area contributed by atoms with Crippen LogP contribution in [0.3, 0.4) is 0 Å². The standard InChI is InChI=1S/C37H37FN4O2S/c1-26-8-7-12-32(27(26)2)41-22-20-40(21-23-41)19-18-39-36(43)29-16-14-28(15-17-29)24-35-37(44)42(25-30-9-3-4-10-31(30)38)33-11-5-6-13-34(33)45-35/h3-17,24H,18-23,25H2,1-2H3,(H,39,43)/b35-24+. The number of carbonyl (C=O) groups is 2. The fraction of sp³-hybridized carbons (Fsp3) is 0.243. The molecule has 0 saturated carbocycles. The van der Waals surface area contributed by atoms with E-state index in [1.54, 1.807) is 35.2 Å². The molecule has 230 valence electrons. The third-order valence-electron chi connectivity index (χ3n) is 8.59. The first-order valence-corrected chi connectivity index (χ1v) is 16.1. The predicted octanol–water partition coefficient (Wildman–Crippen LogP) is 6.67. The summed E-state index contributed by atoms with van der Waals surface area (Å²) < 4.78 is 14.5. The van der Waals surface area contributed by atoms with E-state index in [9.17, 15) is 14.0 Å². The zero-order valence-electron chi connectivity index (χ0n) is 25.6. The molecule has 2 aliphatic heterocycles. The molecule has 0 aromatic heterocycles. The van der Waals surface area contributed by atoms with E-state index >= 15 is 0 Å². The highest BCUT2D eigenvalue weighted by atomic mass is 32.2. The summed E-state index contributed by atoms with van der Waals surface area (Å²) in [5.74, 6) is -0.633. The third kappa shape index (κ3) is 6.97. The first-order chi connectivity index (χ1) is 21.9. The lowest BCUT2D eigenvalue weighted by Crippen LogP contribution is -2.48. The molecule has 0 bridgehead atoms. The Bertz CT molecular complexity index is 1730. The summed E-state index contributed by atoms with van der Waals surface area (Å²) in [6, 6.07) is 28.0. The number of nitrogens with one attached hydrogen (secondary N) is 1. The minimum absolute atomic E-state index is 0.115. The summed E-state index contributed by atoms with van der Waals surface area (Å²) in [7, 11) is 0. The van der Waals surface area contributed by atoms with Crippen LogP contribution in [0.1, 0.15) is 32.6 Å². The summed E-state index contributed by atoms with van der Waals surface area (Å²) in [6.07, 6.45) is 1.83. The van der Waals surface area contributed by atoms with Crippen LogP contribution in [0.5, 0.6) is 0 Å². The van der Waals surface area contributed by atoms with E-state index in [1.807, 2.05) is 42.5 Å². The Hall–Kier alpha value is -4.40. The highest BCUT2D eigenvalue weighted by Gasteiger charge is 2.29. The van der Waals surface area contributed by atoms with E-state index < -0.39 is 0 Å². The van der Waals surface area contributed by atoms with Gasteiger partial charge in [0.2, 0.25) is 0 Å². The lowest BCUT2D eigenvalue weighted by Gasteiger charge is -2.37. The van der Waals surface area contributed by atoms with Gasteiger partial charge in [0, 0.05) is 61.0 Å². The molecule has 4 aromatic carbocycles. The van der Waals surface area contributed by atoms with Crippen LogP contribution in [-0.2, 0) is 11.3 Å². The highest BCUT2D eigenvalue weighted by molar-refractivity contribution is 8.04. The van der Waals surface area contributed by atoms with Crippen molar-refractivity contribution in [1.29, 1.82) is 0 Å². The van der Waals surface area contributed by atoms with Crippen LogP contribution in [0.25, 0.3) is 6.08 Å². The van der Waals surface area contributed by atoms with Gasteiger partial charge in [0.1, 0.15) is 5.82 Å². The van der Waals surface area contributed by atoms with Crippen molar-refractivity contribution >= 4 is 41.0 Å². The first kappa shape index (κ1) is 30.6. The molecular formula is C37H37FN4O2S. The van der Waals surface area contributed by atoms with Crippen LogP contribution < -0.4 is 15.1 Å². The second-order valence-electron chi connectivity index (χ2n) is 11.5. The van der Waals surface area contributed by atoms with Crippen LogP contribution in [0.4, 0.5) is 15.8 Å². The predicted molar refractivity (Wildman–Crippen MR) is 181 cm³/mol. The van der Waals surface area contributed by atoms with Gasteiger partial charge in [-0.15, -0.1) is 0 Å². The smallest absolute Gasteiger partial charge is 0.265 e. The van der Waals surface area contributed by atoms with Gasteiger partial charge in [-0.05, 0) is 73.0 Å². The van der Waals surface area contributed by atoms with E-state index in [4.69, 9.17) is 0 Å². The number of nitrogens with zero attached hydrogens (tertiary/aromatic N) is 3. The average molecular weight is 621 g/mol. The largest absolute Gasteiger partial charge is 0.369 e. The monoisotopic (exact) mass is 620 g/mol. The maximum Gasteiger partial charge on any atom is 0.265 e. The zero-order chi connectivity index (χ0) is 31.3. The Morgan fingerprint density at radius 1 is 0.867 bits per heavy atom. The molecule has 2 amide bonds. The fourth-order valence-electron chi connectivity index (χ4n) is 5.82. The second-order valence-corrected chi connectivity index (χ2v) is 12.6. The van der Waals surface area contributed by atoms with Crippen molar-refractivity contribution in [3.63, 3.8) is 0 Å². The van der Waals surface area contributed by atoms with Gasteiger partial charge in [0.25, 0.3) is 11.8 Å². The maximum absolute atomic E-state index is 14.5. The number of thioether (sulfide) groups is 1. The van der Waals surface area contributed by atoms with E-state index in [0.29, 0.717) is 22.6 Å². The van der Waals surface area contributed by atoms with Gasteiger partial charge in [0.05, 0.1) is 17.1 Å². The number of aryl methyl sites for hydroxylation is 1. The van der Waals surface area contributed by atoms with Gasteiger partial charge >= 0.3 is 0 Å². The Balaban J connectivity index is 1.04. The van der Waals surface area contributed by atoms with Gasteiger partial charge in [-0.1, -0.05) is 66.4 Å². The van der Waals surface area contributed by atoms with Crippen LogP contribution in [0, 0.1) is 19.7 Å². The molecule has 0 aliphatic carbocycles. The van der Waals surface area contributed by atoms with Gasteiger partial charge in [-0.3, -0.25) is 14.5 Å². The molecule has 4 aromatic rings. The number of fused-ring (bicyclic) bond motifs is 1. The molecule has 2 aliphatic rings. The molecular weight excluding hydrogens is 583 g/mol. The van der Waals surface area contributed by atoms with Gasteiger partial charge < -0.3 is 15.1 Å². The molecule has 1 N–H and O–H groups in total. The average Bonchev–Trinajstić information content (AvgIpc) is 3.06. The molecule has 0 unspecified atom stereocenters.